The van der Waals surface area contributed by atoms with Gasteiger partial charge in [0.1, 0.15) is 6.04 Å². The molecule has 4 heteroatoms. The van der Waals surface area contributed by atoms with Crippen molar-refractivity contribution in [2.75, 3.05) is 25.1 Å². The summed E-state index contributed by atoms with van der Waals surface area (Å²) in [6.07, 6.45) is 3.04. The van der Waals surface area contributed by atoms with Crippen LogP contribution in [0.1, 0.15) is 18.4 Å². The Balaban J connectivity index is 1.49. The number of carbonyl (C=O) groups excluding carboxylic acids is 1. The second kappa shape index (κ2) is 5.61. The van der Waals surface area contributed by atoms with Gasteiger partial charge < -0.3 is 15.4 Å². The van der Waals surface area contributed by atoms with Crippen LogP contribution >= 0.6 is 0 Å². The van der Waals surface area contributed by atoms with E-state index in [4.69, 9.17) is 4.74 Å². The summed E-state index contributed by atoms with van der Waals surface area (Å²) in [6.45, 7) is 2.37. The van der Waals surface area contributed by atoms with Gasteiger partial charge >= 0.3 is 0 Å². The minimum absolute atomic E-state index is 0.0989. The molecule has 0 spiro atoms. The molecule has 0 aromatic heterocycles. The zero-order chi connectivity index (χ0) is 13.1. The van der Waals surface area contributed by atoms with E-state index >= 15 is 0 Å². The van der Waals surface area contributed by atoms with E-state index in [1.54, 1.807) is 0 Å². The van der Waals surface area contributed by atoms with Gasteiger partial charge in [-0.3, -0.25) is 4.79 Å². The molecule has 2 aliphatic heterocycles. The van der Waals surface area contributed by atoms with Crippen LogP contribution in [0.4, 0.5) is 5.69 Å². The molecule has 1 aromatic rings. The molecule has 1 amide bonds. The van der Waals surface area contributed by atoms with Crippen molar-refractivity contribution in [2.45, 2.75) is 25.3 Å². The molecule has 19 heavy (non-hydrogen) atoms. The quantitative estimate of drug-likeness (QED) is 0.867. The van der Waals surface area contributed by atoms with E-state index in [9.17, 15) is 4.79 Å². The molecule has 1 aromatic carbocycles. The molecular weight excluding hydrogens is 240 g/mol. The number of benzene rings is 1. The van der Waals surface area contributed by atoms with Gasteiger partial charge in [-0.1, -0.05) is 18.2 Å². The summed E-state index contributed by atoms with van der Waals surface area (Å²) in [6, 6.07) is 7.98. The fourth-order valence-corrected chi connectivity index (χ4v) is 2.79. The highest BCUT2D eigenvalue weighted by Crippen LogP contribution is 2.25. The van der Waals surface area contributed by atoms with Crippen LogP contribution in [0.15, 0.2) is 24.3 Å². The fraction of sp³-hybridized carbons (Fsp3) is 0.533. The van der Waals surface area contributed by atoms with Crippen molar-refractivity contribution < 1.29 is 9.53 Å². The maximum atomic E-state index is 12.1. The number of ether oxygens (including phenoxy) is 1. The number of hydrogen-bond acceptors (Lipinski definition) is 3. The largest absolute Gasteiger partial charge is 0.381 e. The maximum absolute atomic E-state index is 12.1. The monoisotopic (exact) mass is 260 g/mol. The van der Waals surface area contributed by atoms with Gasteiger partial charge in [-0.25, -0.2) is 0 Å². The number of carbonyl (C=O) groups is 1. The van der Waals surface area contributed by atoms with Crippen molar-refractivity contribution in [1.29, 1.82) is 0 Å². The third kappa shape index (κ3) is 2.89. The molecule has 2 atom stereocenters. The average molecular weight is 260 g/mol. The molecule has 3 rings (SSSR count). The van der Waals surface area contributed by atoms with Crippen molar-refractivity contribution >= 4 is 11.6 Å². The summed E-state index contributed by atoms with van der Waals surface area (Å²) < 4.78 is 5.42. The molecule has 2 heterocycles. The Hall–Kier alpha value is -1.55. The van der Waals surface area contributed by atoms with E-state index in [0.717, 1.165) is 44.7 Å². The summed E-state index contributed by atoms with van der Waals surface area (Å²) in [5.74, 6) is 0.572. The van der Waals surface area contributed by atoms with Gasteiger partial charge in [0.05, 0.1) is 6.61 Å². The minimum Gasteiger partial charge on any atom is -0.381 e. The molecule has 1 unspecified atom stereocenters. The lowest BCUT2D eigenvalue weighted by molar-refractivity contribution is -0.122. The molecule has 0 saturated carbocycles. The Labute approximate surface area is 113 Å². The van der Waals surface area contributed by atoms with Gasteiger partial charge in [0.15, 0.2) is 0 Å². The highest BCUT2D eigenvalue weighted by Gasteiger charge is 2.26. The van der Waals surface area contributed by atoms with E-state index in [-0.39, 0.29) is 11.9 Å². The zero-order valence-corrected chi connectivity index (χ0v) is 11.0. The van der Waals surface area contributed by atoms with Gasteiger partial charge in [0.25, 0.3) is 0 Å². The number of rotatable bonds is 3. The van der Waals surface area contributed by atoms with Crippen LogP contribution in [0, 0.1) is 5.92 Å². The second-order valence-corrected chi connectivity index (χ2v) is 5.39. The molecule has 2 N–H and O–H groups in total. The number of nitrogens with one attached hydrogen (secondary N) is 2. The number of para-hydroxylation sites is 1. The maximum Gasteiger partial charge on any atom is 0.242 e. The van der Waals surface area contributed by atoms with E-state index in [0.29, 0.717) is 5.92 Å². The van der Waals surface area contributed by atoms with Gasteiger partial charge in [0, 0.05) is 25.3 Å². The zero-order valence-electron chi connectivity index (χ0n) is 11.0. The lowest BCUT2D eigenvalue weighted by atomic mass is 10.0. The predicted octanol–water partition coefficient (Wildman–Crippen LogP) is 1.57. The van der Waals surface area contributed by atoms with Gasteiger partial charge in [-0.2, -0.15) is 0 Å². The third-order valence-electron chi connectivity index (χ3n) is 3.91. The first-order chi connectivity index (χ1) is 9.33. The number of hydrogen-bond donors (Lipinski definition) is 2. The van der Waals surface area contributed by atoms with Crippen molar-refractivity contribution in [2.24, 2.45) is 5.92 Å². The SMILES string of the molecule is O=C(NCC1CCCOC1)[C@@H]1Cc2ccccc2N1. The van der Waals surface area contributed by atoms with Crippen LogP contribution in [-0.2, 0) is 16.0 Å². The summed E-state index contributed by atoms with van der Waals surface area (Å²) in [4.78, 5) is 12.1. The van der Waals surface area contributed by atoms with Crippen molar-refractivity contribution in [1.82, 2.24) is 5.32 Å². The predicted molar refractivity (Wildman–Crippen MR) is 74.1 cm³/mol. The third-order valence-corrected chi connectivity index (χ3v) is 3.91. The molecule has 1 saturated heterocycles. The Morgan fingerprint density at radius 3 is 3.11 bits per heavy atom. The molecule has 0 bridgehead atoms. The molecule has 0 aliphatic carbocycles. The van der Waals surface area contributed by atoms with Crippen molar-refractivity contribution in [3.63, 3.8) is 0 Å². The first-order valence-electron chi connectivity index (χ1n) is 7.03. The van der Waals surface area contributed by atoms with E-state index in [1.807, 2.05) is 18.2 Å². The van der Waals surface area contributed by atoms with Gasteiger partial charge in [-0.05, 0) is 30.4 Å². The van der Waals surface area contributed by atoms with E-state index in [1.165, 1.54) is 5.56 Å². The highest BCUT2D eigenvalue weighted by atomic mass is 16.5. The van der Waals surface area contributed by atoms with Crippen LogP contribution in [0.5, 0.6) is 0 Å². The van der Waals surface area contributed by atoms with Crippen LogP contribution in [0.25, 0.3) is 0 Å². The fourth-order valence-electron chi connectivity index (χ4n) is 2.79. The molecule has 2 aliphatic rings. The summed E-state index contributed by atoms with van der Waals surface area (Å²) in [7, 11) is 0. The van der Waals surface area contributed by atoms with Gasteiger partial charge in [0.2, 0.25) is 5.91 Å². The van der Waals surface area contributed by atoms with Crippen molar-refractivity contribution in [3.8, 4) is 0 Å². The highest BCUT2D eigenvalue weighted by molar-refractivity contribution is 5.87. The Bertz CT molecular complexity index is 430. The minimum atomic E-state index is -0.123. The lowest BCUT2D eigenvalue weighted by Crippen LogP contribution is -2.41. The smallest absolute Gasteiger partial charge is 0.242 e. The lowest BCUT2D eigenvalue weighted by Gasteiger charge is -2.23. The van der Waals surface area contributed by atoms with E-state index < -0.39 is 0 Å². The number of anilines is 1. The summed E-state index contributed by atoms with van der Waals surface area (Å²) >= 11 is 0. The Morgan fingerprint density at radius 1 is 1.42 bits per heavy atom. The Kier molecular flexibility index (Phi) is 3.69. The molecule has 0 radical (unpaired) electrons. The normalized spacial score (nSPS) is 25.5. The second-order valence-electron chi connectivity index (χ2n) is 5.39. The summed E-state index contributed by atoms with van der Waals surface area (Å²) in [5, 5.41) is 6.33. The topological polar surface area (TPSA) is 50.4 Å². The molecule has 4 nitrogen and oxygen atoms in total. The van der Waals surface area contributed by atoms with Crippen LogP contribution in [0.2, 0.25) is 0 Å². The van der Waals surface area contributed by atoms with E-state index in [2.05, 4.69) is 16.7 Å². The number of fused-ring (bicyclic) bond motifs is 1. The molecule has 102 valence electrons. The summed E-state index contributed by atoms with van der Waals surface area (Å²) in [5.41, 5.74) is 2.31. The van der Waals surface area contributed by atoms with Crippen molar-refractivity contribution in [3.05, 3.63) is 29.8 Å². The first-order valence-corrected chi connectivity index (χ1v) is 7.03. The molecule has 1 fully saturated rings. The van der Waals surface area contributed by atoms with Crippen LogP contribution in [0.3, 0.4) is 0 Å². The van der Waals surface area contributed by atoms with Gasteiger partial charge in [-0.15, -0.1) is 0 Å². The first kappa shape index (κ1) is 12.5. The molecular formula is C15H20N2O2. The number of amides is 1. The average Bonchev–Trinajstić information content (AvgIpc) is 2.90. The Morgan fingerprint density at radius 2 is 2.32 bits per heavy atom. The van der Waals surface area contributed by atoms with Crippen LogP contribution < -0.4 is 10.6 Å². The standard InChI is InChI=1S/C15H20N2O2/c18-15(16-9-11-4-3-7-19-10-11)14-8-12-5-1-2-6-13(12)17-14/h1-2,5-6,11,14,17H,3-4,7-10H2,(H,16,18)/t11?,14-/m0/s1. The van der Waals surface area contributed by atoms with Crippen LogP contribution in [-0.4, -0.2) is 31.7 Å².